The molecule has 1 fully saturated rings. The lowest BCUT2D eigenvalue weighted by atomic mass is 9.81. The minimum absolute atomic E-state index is 0.106. The van der Waals surface area contributed by atoms with Gasteiger partial charge in [0.15, 0.2) is 0 Å². The highest BCUT2D eigenvalue weighted by atomic mass is 32.1. The molecule has 2 heterocycles. The zero-order chi connectivity index (χ0) is 20.2. The summed E-state index contributed by atoms with van der Waals surface area (Å²) >= 11 is 1.54. The lowest BCUT2D eigenvalue weighted by molar-refractivity contribution is -0.129. The molecule has 1 aromatic heterocycles. The number of urea groups is 1. The van der Waals surface area contributed by atoms with Gasteiger partial charge in [0.05, 0.1) is 17.7 Å². The van der Waals surface area contributed by atoms with Crippen molar-refractivity contribution in [3.05, 3.63) is 22.4 Å². The Labute approximate surface area is 166 Å². The first-order valence-electron chi connectivity index (χ1n) is 9.65. The van der Waals surface area contributed by atoms with Crippen molar-refractivity contribution in [2.24, 2.45) is 5.41 Å². The van der Waals surface area contributed by atoms with Crippen LogP contribution in [-0.4, -0.2) is 46.7 Å². The number of nitrogens with zero attached hydrogens (tertiary/aromatic N) is 1. The Hall–Kier alpha value is -1.60. The molecule has 0 spiro atoms. The van der Waals surface area contributed by atoms with Crippen molar-refractivity contribution in [2.45, 2.75) is 71.6 Å². The first-order chi connectivity index (χ1) is 12.5. The van der Waals surface area contributed by atoms with E-state index in [1.165, 1.54) is 11.3 Å². The van der Waals surface area contributed by atoms with Gasteiger partial charge in [0.2, 0.25) is 5.91 Å². The smallest absolute Gasteiger partial charge is 0.318 e. The fourth-order valence-electron chi connectivity index (χ4n) is 3.44. The minimum Gasteiger partial charge on any atom is -0.388 e. The Balaban J connectivity index is 2.32. The van der Waals surface area contributed by atoms with Gasteiger partial charge in [-0.15, -0.1) is 11.3 Å². The van der Waals surface area contributed by atoms with E-state index in [2.05, 4.69) is 10.6 Å². The topological polar surface area (TPSA) is 81.7 Å². The Kier molecular flexibility index (Phi) is 6.92. The van der Waals surface area contributed by atoms with E-state index in [9.17, 15) is 14.7 Å². The summed E-state index contributed by atoms with van der Waals surface area (Å²) in [5.41, 5.74) is -1.25. The highest BCUT2D eigenvalue weighted by Crippen LogP contribution is 2.39. The van der Waals surface area contributed by atoms with Crippen molar-refractivity contribution in [2.75, 3.05) is 13.1 Å². The van der Waals surface area contributed by atoms with E-state index in [1.54, 1.807) is 11.8 Å². The fraction of sp³-hybridized carbons (Fsp3) is 0.700. The van der Waals surface area contributed by atoms with E-state index in [1.807, 2.05) is 45.2 Å². The van der Waals surface area contributed by atoms with Crippen LogP contribution in [0.25, 0.3) is 0 Å². The molecule has 1 aliphatic rings. The number of hydrogen-bond acceptors (Lipinski definition) is 4. The van der Waals surface area contributed by atoms with Gasteiger partial charge in [0.1, 0.15) is 0 Å². The predicted molar refractivity (Wildman–Crippen MR) is 109 cm³/mol. The van der Waals surface area contributed by atoms with Gasteiger partial charge in [-0.05, 0) is 36.6 Å². The van der Waals surface area contributed by atoms with E-state index in [0.29, 0.717) is 25.9 Å². The maximum absolute atomic E-state index is 12.8. The van der Waals surface area contributed by atoms with E-state index >= 15 is 0 Å². The second kappa shape index (κ2) is 8.61. The molecule has 3 atom stereocenters. The summed E-state index contributed by atoms with van der Waals surface area (Å²) < 4.78 is 0. The van der Waals surface area contributed by atoms with Crippen molar-refractivity contribution in [1.82, 2.24) is 15.5 Å². The molecule has 1 saturated heterocycles. The number of rotatable bonds is 5. The summed E-state index contributed by atoms with van der Waals surface area (Å²) in [7, 11) is 0. The van der Waals surface area contributed by atoms with Crippen molar-refractivity contribution in [3.63, 3.8) is 0 Å². The number of carbonyl (C=O) groups is 2. The summed E-state index contributed by atoms with van der Waals surface area (Å²) in [6.45, 7) is 10.8. The molecule has 0 bridgehead atoms. The molecule has 6 nitrogen and oxygen atoms in total. The van der Waals surface area contributed by atoms with Gasteiger partial charge in [-0.25, -0.2) is 4.79 Å². The average molecular weight is 396 g/mol. The molecule has 2 rings (SSSR count). The monoisotopic (exact) mass is 395 g/mol. The van der Waals surface area contributed by atoms with Gasteiger partial charge >= 0.3 is 6.03 Å². The lowest BCUT2D eigenvalue weighted by Gasteiger charge is -2.48. The first-order valence-corrected chi connectivity index (χ1v) is 10.5. The van der Waals surface area contributed by atoms with Crippen LogP contribution in [0, 0.1) is 5.41 Å². The van der Waals surface area contributed by atoms with Crippen LogP contribution in [0.15, 0.2) is 17.5 Å². The quantitative estimate of drug-likeness (QED) is 0.715. The van der Waals surface area contributed by atoms with Crippen LogP contribution >= 0.6 is 11.3 Å². The van der Waals surface area contributed by atoms with Crippen molar-refractivity contribution in [1.29, 1.82) is 0 Å². The molecule has 0 radical (unpaired) electrons. The molecule has 0 saturated carbocycles. The molecule has 1 aliphatic heterocycles. The van der Waals surface area contributed by atoms with Crippen molar-refractivity contribution >= 4 is 23.3 Å². The summed E-state index contributed by atoms with van der Waals surface area (Å²) in [5, 5.41) is 19.0. The Morgan fingerprint density at radius 3 is 2.67 bits per heavy atom. The highest BCUT2D eigenvalue weighted by molar-refractivity contribution is 7.10. The Morgan fingerprint density at radius 1 is 1.41 bits per heavy atom. The normalized spacial score (nSPS) is 25.9. The van der Waals surface area contributed by atoms with Crippen LogP contribution in [0.2, 0.25) is 0 Å². The van der Waals surface area contributed by atoms with E-state index in [0.717, 1.165) is 11.3 Å². The Morgan fingerprint density at radius 2 is 2.11 bits per heavy atom. The largest absolute Gasteiger partial charge is 0.388 e. The number of piperidine rings is 1. The van der Waals surface area contributed by atoms with E-state index in [-0.39, 0.29) is 17.4 Å². The summed E-state index contributed by atoms with van der Waals surface area (Å²) in [5.74, 6) is -0.106. The molecule has 7 heteroatoms. The second-order valence-electron chi connectivity index (χ2n) is 8.78. The van der Waals surface area contributed by atoms with Crippen LogP contribution in [0.5, 0.6) is 0 Å². The van der Waals surface area contributed by atoms with Crippen LogP contribution in [-0.2, 0) is 4.79 Å². The minimum atomic E-state index is -1.09. The molecule has 27 heavy (non-hydrogen) atoms. The standard InChI is InChI=1S/C20H33N3O3S/c1-6-10-21-18(25)23-11-9-20(5,26)17(16(23)14-8-7-12-27-14)22-15(24)13-19(2,3)4/h7-8,12,16-17,26H,6,9-11,13H2,1-5H3,(H,21,25)(H,22,24). The molecular formula is C20H33N3O3S. The molecule has 3 N–H and O–H groups in total. The maximum atomic E-state index is 12.8. The summed E-state index contributed by atoms with van der Waals surface area (Å²) in [6, 6.07) is 2.78. The van der Waals surface area contributed by atoms with Crippen molar-refractivity contribution in [3.8, 4) is 0 Å². The maximum Gasteiger partial charge on any atom is 0.318 e. The lowest BCUT2D eigenvalue weighted by Crippen LogP contribution is -2.64. The number of aliphatic hydroxyl groups is 1. The average Bonchev–Trinajstić information content (AvgIpc) is 3.06. The van der Waals surface area contributed by atoms with E-state index < -0.39 is 17.7 Å². The van der Waals surface area contributed by atoms with E-state index in [4.69, 9.17) is 0 Å². The molecule has 1 aromatic rings. The van der Waals surface area contributed by atoms with Gasteiger partial charge in [0.25, 0.3) is 0 Å². The number of thiophene rings is 1. The van der Waals surface area contributed by atoms with Gasteiger partial charge in [0, 0.05) is 24.4 Å². The second-order valence-corrected chi connectivity index (χ2v) is 9.75. The number of amides is 3. The summed E-state index contributed by atoms with van der Waals surface area (Å²) in [4.78, 5) is 28.1. The molecule has 3 unspecified atom stereocenters. The number of likely N-dealkylation sites (tertiary alicyclic amines) is 1. The summed E-state index contributed by atoms with van der Waals surface area (Å²) in [6.07, 6.45) is 1.63. The predicted octanol–water partition coefficient (Wildman–Crippen LogP) is 3.29. The Bertz CT molecular complexity index is 637. The number of nitrogens with one attached hydrogen (secondary N) is 2. The highest BCUT2D eigenvalue weighted by Gasteiger charge is 2.48. The van der Waals surface area contributed by atoms with Crippen LogP contribution in [0.4, 0.5) is 4.79 Å². The van der Waals surface area contributed by atoms with Gasteiger partial charge in [-0.1, -0.05) is 33.8 Å². The van der Waals surface area contributed by atoms with Crippen LogP contribution < -0.4 is 10.6 Å². The third-order valence-electron chi connectivity index (χ3n) is 4.81. The van der Waals surface area contributed by atoms with Gasteiger partial charge < -0.3 is 20.6 Å². The molecule has 152 valence electrons. The molecule has 3 amide bonds. The molecule has 0 aromatic carbocycles. The first kappa shape index (κ1) is 21.7. The molecular weight excluding hydrogens is 362 g/mol. The fourth-order valence-corrected chi connectivity index (χ4v) is 4.31. The zero-order valence-corrected chi connectivity index (χ0v) is 17.9. The van der Waals surface area contributed by atoms with Gasteiger partial charge in [-0.3, -0.25) is 4.79 Å². The molecule has 0 aliphatic carbocycles. The third kappa shape index (κ3) is 5.69. The van der Waals surface area contributed by atoms with Gasteiger partial charge in [-0.2, -0.15) is 0 Å². The van der Waals surface area contributed by atoms with Crippen LogP contribution in [0.1, 0.15) is 64.8 Å². The third-order valence-corrected chi connectivity index (χ3v) is 5.75. The number of carbonyl (C=O) groups excluding carboxylic acids is 2. The van der Waals surface area contributed by atoms with Crippen LogP contribution in [0.3, 0.4) is 0 Å². The SMILES string of the molecule is CCCNC(=O)N1CCC(C)(O)C(NC(=O)CC(C)(C)C)C1c1cccs1. The zero-order valence-electron chi connectivity index (χ0n) is 17.0. The number of hydrogen-bond donors (Lipinski definition) is 3. The van der Waals surface area contributed by atoms with Crippen molar-refractivity contribution < 1.29 is 14.7 Å².